The highest BCUT2D eigenvalue weighted by atomic mass is 32.1. The molecule has 2 amide bonds. The molecule has 0 bridgehead atoms. The van der Waals surface area contributed by atoms with Gasteiger partial charge < -0.3 is 19.7 Å². The number of nitrogens with zero attached hydrogens (tertiary/aromatic N) is 3. The molecule has 0 spiro atoms. The third kappa shape index (κ3) is 4.41. The highest BCUT2D eigenvalue weighted by Crippen LogP contribution is 2.35. The summed E-state index contributed by atoms with van der Waals surface area (Å²) in [6, 6.07) is 5.00. The van der Waals surface area contributed by atoms with Gasteiger partial charge in [-0.3, -0.25) is 9.59 Å². The molecule has 2 fully saturated rings. The van der Waals surface area contributed by atoms with E-state index in [1.165, 1.54) is 44.9 Å². The summed E-state index contributed by atoms with van der Waals surface area (Å²) >= 11 is 1.66. The fourth-order valence-electron chi connectivity index (χ4n) is 6.46. The van der Waals surface area contributed by atoms with Gasteiger partial charge in [0, 0.05) is 25.2 Å². The van der Waals surface area contributed by atoms with Gasteiger partial charge in [-0.2, -0.15) is 0 Å². The third-order valence-corrected chi connectivity index (χ3v) is 9.38. The fourth-order valence-corrected chi connectivity index (χ4v) is 7.28. The lowest BCUT2D eigenvalue weighted by atomic mass is 9.91. The molecule has 0 radical (unpaired) electrons. The van der Waals surface area contributed by atoms with Crippen LogP contribution in [0, 0.1) is 0 Å². The number of aromatic nitrogens is 1. The molecule has 3 aliphatic rings. The molecule has 2 aromatic heterocycles. The van der Waals surface area contributed by atoms with Gasteiger partial charge in [0.1, 0.15) is 11.2 Å². The number of likely N-dealkylation sites (tertiary alicyclic amines) is 1. The number of amides is 2. The van der Waals surface area contributed by atoms with Crippen LogP contribution >= 0.6 is 11.3 Å². The van der Waals surface area contributed by atoms with Crippen LogP contribution in [0.4, 0.5) is 0 Å². The standard InChI is InChI=1S/C27H40N4O2S/c1-3-21-12-7-8-14-29(21)15-9-16-31-25(32)23-18-24-22(13-17-34-24)30(23)19-27(31,2)26(33)28-20-10-5-4-6-11-20/h13,17-18,20-21H,3-12,14-16,19H2,1-2H3,(H,28,33)/t21-,27+/m0/s1. The van der Waals surface area contributed by atoms with E-state index in [0.717, 1.165) is 48.3 Å². The van der Waals surface area contributed by atoms with Crippen LogP contribution in [-0.2, 0) is 11.3 Å². The van der Waals surface area contributed by atoms with Crippen molar-refractivity contribution in [3.63, 3.8) is 0 Å². The summed E-state index contributed by atoms with van der Waals surface area (Å²) < 4.78 is 3.21. The van der Waals surface area contributed by atoms with E-state index in [1.807, 2.05) is 17.9 Å². The van der Waals surface area contributed by atoms with Crippen LogP contribution in [-0.4, -0.2) is 63.4 Å². The van der Waals surface area contributed by atoms with Crippen molar-refractivity contribution >= 4 is 33.4 Å². The Morgan fingerprint density at radius 3 is 2.74 bits per heavy atom. The number of thiophene rings is 1. The van der Waals surface area contributed by atoms with Gasteiger partial charge >= 0.3 is 0 Å². The Labute approximate surface area is 207 Å². The van der Waals surface area contributed by atoms with Crippen LogP contribution in [0.15, 0.2) is 17.5 Å². The average molecular weight is 485 g/mol. The summed E-state index contributed by atoms with van der Waals surface area (Å²) in [5.41, 5.74) is 0.930. The summed E-state index contributed by atoms with van der Waals surface area (Å²) in [6.07, 6.45) is 11.7. The maximum Gasteiger partial charge on any atom is 0.271 e. The van der Waals surface area contributed by atoms with Crippen LogP contribution in [0.2, 0.25) is 0 Å². The lowest BCUT2D eigenvalue weighted by Gasteiger charge is -2.45. The Morgan fingerprint density at radius 2 is 1.94 bits per heavy atom. The van der Waals surface area contributed by atoms with E-state index in [9.17, 15) is 9.59 Å². The van der Waals surface area contributed by atoms with Crippen LogP contribution < -0.4 is 5.32 Å². The zero-order valence-corrected chi connectivity index (χ0v) is 21.7. The van der Waals surface area contributed by atoms with E-state index in [-0.39, 0.29) is 17.9 Å². The maximum absolute atomic E-state index is 13.8. The van der Waals surface area contributed by atoms with E-state index in [4.69, 9.17) is 0 Å². The van der Waals surface area contributed by atoms with Gasteiger partial charge in [0.15, 0.2) is 0 Å². The van der Waals surface area contributed by atoms with E-state index >= 15 is 0 Å². The molecular weight excluding hydrogens is 444 g/mol. The van der Waals surface area contributed by atoms with Crippen molar-refractivity contribution in [2.45, 2.75) is 102 Å². The van der Waals surface area contributed by atoms with Crippen molar-refractivity contribution in [3.05, 3.63) is 23.2 Å². The van der Waals surface area contributed by atoms with E-state index in [0.29, 0.717) is 19.1 Å². The number of nitrogens with one attached hydrogen (secondary N) is 1. The summed E-state index contributed by atoms with van der Waals surface area (Å²) in [7, 11) is 0. The van der Waals surface area contributed by atoms with Gasteiger partial charge in [-0.25, -0.2) is 0 Å². The summed E-state index contributed by atoms with van der Waals surface area (Å²) in [5.74, 6) is 0.0153. The highest BCUT2D eigenvalue weighted by Gasteiger charge is 2.48. The molecule has 186 valence electrons. The number of rotatable bonds is 7. The molecule has 4 heterocycles. The number of carbonyl (C=O) groups excluding carboxylic acids is 2. The van der Waals surface area contributed by atoms with Crippen LogP contribution in [0.1, 0.15) is 88.5 Å². The van der Waals surface area contributed by atoms with Gasteiger partial charge in [0.2, 0.25) is 5.91 Å². The molecule has 1 saturated carbocycles. The number of hydrogen-bond acceptors (Lipinski definition) is 4. The second-order valence-electron chi connectivity index (χ2n) is 10.8. The molecule has 0 aromatic carbocycles. The van der Waals surface area contributed by atoms with Gasteiger partial charge in [-0.1, -0.05) is 32.6 Å². The number of carbonyl (C=O) groups is 2. The first kappa shape index (κ1) is 23.9. The van der Waals surface area contributed by atoms with E-state index in [2.05, 4.69) is 33.2 Å². The fraction of sp³-hybridized carbons (Fsp3) is 0.704. The Morgan fingerprint density at radius 1 is 1.15 bits per heavy atom. The molecule has 2 atom stereocenters. The highest BCUT2D eigenvalue weighted by molar-refractivity contribution is 7.17. The van der Waals surface area contributed by atoms with Crippen molar-refractivity contribution in [2.75, 3.05) is 19.6 Å². The second kappa shape index (κ2) is 10.0. The normalized spacial score (nSPS) is 26.7. The largest absolute Gasteiger partial charge is 0.351 e. The molecule has 1 saturated heterocycles. The predicted molar refractivity (Wildman–Crippen MR) is 138 cm³/mol. The first-order valence-electron chi connectivity index (χ1n) is 13.4. The van der Waals surface area contributed by atoms with Crippen molar-refractivity contribution in [3.8, 4) is 0 Å². The predicted octanol–water partition coefficient (Wildman–Crippen LogP) is 5.02. The molecule has 2 aromatic rings. The number of hydrogen-bond donors (Lipinski definition) is 1. The minimum atomic E-state index is -0.874. The van der Waals surface area contributed by atoms with Crippen LogP contribution in [0.3, 0.4) is 0 Å². The molecule has 6 nitrogen and oxygen atoms in total. The van der Waals surface area contributed by atoms with Gasteiger partial charge in [0.25, 0.3) is 5.91 Å². The summed E-state index contributed by atoms with van der Waals surface area (Å²) in [5, 5.41) is 5.41. The number of piperidine rings is 1. The lowest BCUT2D eigenvalue weighted by molar-refractivity contribution is -0.133. The summed E-state index contributed by atoms with van der Waals surface area (Å²) in [4.78, 5) is 32.1. The molecular formula is C27H40N4O2S. The average Bonchev–Trinajstić information content (AvgIpc) is 3.44. The van der Waals surface area contributed by atoms with Crippen molar-refractivity contribution in [1.82, 2.24) is 19.7 Å². The van der Waals surface area contributed by atoms with Gasteiger partial charge in [0.05, 0.1) is 16.8 Å². The van der Waals surface area contributed by atoms with E-state index < -0.39 is 5.54 Å². The monoisotopic (exact) mass is 484 g/mol. The molecule has 1 aliphatic carbocycles. The van der Waals surface area contributed by atoms with Crippen LogP contribution in [0.5, 0.6) is 0 Å². The molecule has 2 aliphatic heterocycles. The quantitative estimate of drug-likeness (QED) is 0.600. The lowest BCUT2D eigenvalue weighted by Crippen LogP contribution is -2.65. The first-order valence-corrected chi connectivity index (χ1v) is 14.3. The van der Waals surface area contributed by atoms with Crippen molar-refractivity contribution < 1.29 is 9.59 Å². The minimum Gasteiger partial charge on any atom is -0.351 e. The Kier molecular flexibility index (Phi) is 7.03. The Balaban J connectivity index is 1.37. The summed E-state index contributed by atoms with van der Waals surface area (Å²) in [6.45, 7) is 7.57. The smallest absolute Gasteiger partial charge is 0.271 e. The number of fused-ring (bicyclic) bond motifs is 3. The zero-order chi connectivity index (χ0) is 23.7. The first-order chi connectivity index (χ1) is 16.5. The second-order valence-corrected chi connectivity index (χ2v) is 11.7. The van der Waals surface area contributed by atoms with E-state index in [1.54, 1.807) is 11.3 Å². The van der Waals surface area contributed by atoms with Gasteiger partial charge in [-0.05, 0) is 69.5 Å². The molecule has 1 N–H and O–H groups in total. The molecule has 5 rings (SSSR count). The van der Waals surface area contributed by atoms with Crippen LogP contribution in [0.25, 0.3) is 10.2 Å². The Hall–Kier alpha value is -1.86. The van der Waals surface area contributed by atoms with Gasteiger partial charge in [-0.15, -0.1) is 11.3 Å². The van der Waals surface area contributed by atoms with Crippen molar-refractivity contribution in [2.24, 2.45) is 0 Å². The Bertz CT molecular complexity index is 1020. The minimum absolute atomic E-state index is 0.00151. The molecule has 34 heavy (non-hydrogen) atoms. The molecule has 7 heteroatoms. The van der Waals surface area contributed by atoms with Crippen molar-refractivity contribution in [1.29, 1.82) is 0 Å². The third-order valence-electron chi connectivity index (χ3n) is 8.53. The molecule has 0 unspecified atom stereocenters. The zero-order valence-electron chi connectivity index (χ0n) is 20.9. The topological polar surface area (TPSA) is 57.6 Å². The maximum atomic E-state index is 13.8. The SMILES string of the molecule is CC[C@H]1CCCCN1CCCN1C(=O)c2cc3sccc3n2C[C@]1(C)C(=O)NC1CCCCC1.